The maximum Gasteiger partial charge on any atom is 0.286 e. The topological polar surface area (TPSA) is 80.1 Å². The monoisotopic (exact) mass is 378 g/mol. The number of fused-ring (bicyclic) bond motifs is 1. The first-order valence-electron chi connectivity index (χ1n) is 8.38. The number of rotatable bonds is 4. The Morgan fingerprint density at radius 2 is 1.50 bits per heavy atom. The number of ketones is 2. The van der Waals surface area contributed by atoms with E-state index >= 15 is 0 Å². The summed E-state index contributed by atoms with van der Waals surface area (Å²) in [5, 5.41) is 0. The number of halogens is 2. The van der Waals surface area contributed by atoms with Crippen LogP contribution in [0.1, 0.15) is 32.0 Å². The number of nitrogens with two attached hydrogens (primary N) is 1. The lowest BCUT2D eigenvalue weighted by atomic mass is 10.0. The van der Waals surface area contributed by atoms with E-state index in [4.69, 9.17) is 5.73 Å². The lowest BCUT2D eigenvalue weighted by molar-refractivity contribution is -0.512. The molecule has 0 aliphatic carbocycles. The summed E-state index contributed by atoms with van der Waals surface area (Å²) in [6.07, 6.45) is 1.34. The highest BCUT2D eigenvalue weighted by Gasteiger charge is 2.27. The van der Waals surface area contributed by atoms with Gasteiger partial charge in [0.25, 0.3) is 5.65 Å². The van der Waals surface area contributed by atoms with Gasteiger partial charge in [0.1, 0.15) is 17.8 Å². The molecule has 0 amide bonds. The Morgan fingerprint density at radius 3 is 2.18 bits per heavy atom. The highest BCUT2D eigenvalue weighted by Crippen LogP contribution is 2.19. The second kappa shape index (κ2) is 6.70. The molecule has 3 N–H and O–H groups in total. The van der Waals surface area contributed by atoms with E-state index in [1.807, 2.05) is 0 Å². The zero-order chi connectivity index (χ0) is 19.8. The van der Waals surface area contributed by atoms with Crippen molar-refractivity contribution in [2.75, 3.05) is 5.73 Å². The van der Waals surface area contributed by atoms with Gasteiger partial charge in [-0.1, -0.05) is 36.4 Å². The Labute approximate surface area is 158 Å². The quantitative estimate of drug-likeness (QED) is 0.423. The minimum atomic E-state index is -0.954. The fourth-order valence-electron chi connectivity index (χ4n) is 3.07. The number of nitrogen functional groups attached to an aromatic ring is 1. The molecule has 138 valence electrons. The molecule has 2 heterocycles. The van der Waals surface area contributed by atoms with E-state index in [2.05, 4.69) is 4.98 Å². The normalized spacial score (nSPS) is 10.9. The number of hydrogen-bond donors (Lipinski definition) is 2. The number of anilines is 1. The van der Waals surface area contributed by atoms with Crippen LogP contribution in [-0.2, 0) is 0 Å². The minimum Gasteiger partial charge on any atom is -0.363 e. The third kappa shape index (κ3) is 2.83. The Balaban J connectivity index is 1.86. The molecule has 0 fully saturated rings. The van der Waals surface area contributed by atoms with Crippen molar-refractivity contribution in [1.29, 1.82) is 0 Å². The summed E-state index contributed by atoms with van der Waals surface area (Å²) in [6, 6.07) is 14.7. The van der Waals surface area contributed by atoms with Gasteiger partial charge in [-0.15, -0.1) is 0 Å². The Hall–Kier alpha value is -3.87. The van der Waals surface area contributed by atoms with E-state index in [1.165, 1.54) is 28.8 Å². The molecule has 4 rings (SSSR count). The summed E-state index contributed by atoms with van der Waals surface area (Å²) in [5.41, 5.74) is 6.35. The zero-order valence-corrected chi connectivity index (χ0v) is 14.4. The molecule has 0 radical (unpaired) electrons. The average Bonchev–Trinajstić information content (AvgIpc) is 3.02. The Kier molecular flexibility index (Phi) is 4.19. The van der Waals surface area contributed by atoms with E-state index in [0.29, 0.717) is 11.2 Å². The average molecular weight is 378 g/mol. The number of carbonyl (C=O) groups is 2. The van der Waals surface area contributed by atoms with Gasteiger partial charge in [0.15, 0.2) is 0 Å². The largest absolute Gasteiger partial charge is 0.363 e. The van der Waals surface area contributed by atoms with E-state index in [-0.39, 0.29) is 22.9 Å². The predicted octanol–water partition coefficient (Wildman–Crippen LogP) is 3.08. The van der Waals surface area contributed by atoms with Crippen LogP contribution in [0.3, 0.4) is 0 Å². The molecule has 5 nitrogen and oxygen atoms in total. The van der Waals surface area contributed by atoms with Crippen molar-refractivity contribution in [3.63, 3.8) is 0 Å². The van der Waals surface area contributed by atoms with E-state index < -0.39 is 23.0 Å². The zero-order valence-electron chi connectivity index (χ0n) is 14.4. The SMILES string of the molecule is Nc1[nH]c2ccc(C(=O)c3c(F)cccc3F)c[n+]2c1C(=O)c1ccccc1. The number of carbonyl (C=O) groups excluding carboxylic acids is 2. The molecule has 4 aromatic rings. The molecular formula is C21H14F2N3O2+. The third-order valence-electron chi connectivity index (χ3n) is 4.41. The van der Waals surface area contributed by atoms with Crippen LogP contribution < -0.4 is 10.1 Å². The van der Waals surface area contributed by atoms with Crippen LogP contribution in [0.25, 0.3) is 5.65 Å². The molecule has 0 saturated carbocycles. The van der Waals surface area contributed by atoms with Gasteiger partial charge in [-0.05, 0) is 18.2 Å². The minimum absolute atomic E-state index is 0.0163. The summed E-state index contributed by atoms with van der Waals surface area (Å²) in [7, 11) is 0. The molecule has 2 aromatic heterocycles. The fourth-order valence-corrected chi connectivity index (χ4v) is 3.07. The summed E-state index contributed by atoms with van der Waals surface area (Å²) in [6.45, 7) is 0. The van der Waals surface area contributed by atoms with Gasteiger partial charge in [0.05, 0.1) is 11.1 Å². The first-order chi connectivity index (χ1) is 13.5. The van der Waals surface area contributed by atoms with Crippen LogP contribution >= 0.6 is 0 Å². The maximum atomic E-state index is 14.0. The van der Waals surface area contributed by atoms with Gasteiger partial charge in [0.2, 0.25) is 23.1 Å². The van der Waals surface area contributed by atoms with Gasteiger partial charge in [-0.2, -0.15) is 4.40 Å². The number of aromatic nitrogens is 2. The van der Waals surface area contributed by atoms with Gasteiger partial charge >= 0.3 is 0 Å². The highest BCUT2D eigenvalue weighted by molar-refractivity contribution is 6.10. The van der Waals surface area contributed by atoms with Crippen molar-refractivity contribution in [2.45, 2.75) is 0 Å². The number of H-pyrrole nitrogens is 1. The van der Waals surface area contributed by atoms with Gasteiger partial charge in [-0.25, -0.2) is 13.8 Å². The van der Waals surface area contributed by atoms with Gasteiger partial charge in [0, 0.05) is 11.6 Å². The molecule has 0 bridgehead atoms. The molecule has 2 aromatic carbocycles. The first kappa shape index (κ1) is 17.5. The second-order valence-electron chi connectivity index (χ2n) is 6.18. The Morgan fingerprint density at radius 1 is 0.821 bits per heavy atom. The van der Waals surface area contributed by atoms with E-state index in [1.54, 1.807) is 30.3 Å². The van der Waals surface area contributed by atoms with Crippen molar-refractivity contribution in [3.05, 3.63) is 101 Å². The predicted molar refractivity (Wildman–Crippen MR) is 98.0 cm³/mol. The number of aromatic amines is 1. The lowest BCUT2D eigenvalue weighted by Crippen LogP contribution is -2.30. The van der Waals surface area contributed by atoms with Gasteiger partial charge < -0.3 is 5.73 Å². The number of nitrogens with zero attached hydrogens (tertiary/aromatic N) is 1. The summed E-state index contributed by atoms with van der Waals surface area (Å²) >= 11 is 0. The van der Waals surface area contributed by atoms with Crippen molar-refractivity contribution < 1.29 is 22.8 Å². The first-order valence-corrected chi connectivity index (χ1v) is 8.38. The molecule has 28 heavy (non-hydrogen) atoms. The van der Waals surface area contributed by atoms with Crippen LogP contribution in [0.2, 0.25) is 0 Å². The Bertz CT molecular complexity index is 1210. The second-order valence-corrected chi connectivity index (χ2v) is 6.18. The van der Waals surface area contributed by atoms with Crippen LogP contribution in [0.4, 0.5) is 14.6 Å². The number of hydrogen-bond acceptors (Lipinski definition) is 3. The van der Waals surface area contributed by atoms with Crippen molar-refractivity contribution in [2.24, 2.45) is 0 Å². The van der Waals surface area contributed by atoms with Crippen molar-refractivity contribution in [3.8, 4) is 0 Å². The summed E-state index contributed by atoms with van der Waals surface area (Å²) in [5.74, 6) is -2.97. The molecule has 0 atom stereocenters. The molecule has 0 spiro atoms. The van der Waals surface area contributed by atoms with Crippen LogP contribution in [-0.4, -0.2) is 16.6 Å². The number of pyridine rings is 1. The maximum absolute atomic E-state index is 14.0. The highest BCUT2D eigenvalue weighted by atomic mass is 19.1. The van der Waals surface area contributed by atoms with Crippen molar-refractivity contribution >= 4 is 23.0 Å². The van der Waals surface area contributed by atoms with Crippen molar-refractivity contribution in [1.82, 2.24) is 4.98 Å². The molecule has 0 unspecified atom stereocenters. The van der Waals surface area contributed by atoms with E-state index in [9.17, 15) is 18.4 Å². The fraction of sp³-hybridized carbons (Fsp3) is 0. The molecular weight excluding hydrogens is 364 g/mol. The number of imidazole rings is 1. The number of nitrogens with one attached hydrogen (secondary N) is 1. The molecule has 7 heteroatoms. The summed E-state index contributed by atoms with van der Waals surface area (Å²) in [4.78, 5) is 28.4. The summed E-state index contributed by atoms with van der Waals surface area (Å²) < 4.78 is 29.4. The third-order valence-corrected chi connectivity index (χ3v) is 4.41. The van der Waals surface area contributed by atoms with E-state index in [0.717, 1.165) is 12.1 Å². The lowest BCUT2D eigenvalue weighted by Gasteiger charge is -2.04. The molecule has 0 aliphatic heterocycles. The van der Waals surface area contributed by atoms with Gasteiger partial charge in [-0.3, -0.25) is 9.59 Å². The molecule has 0 saturated heterocycles. The van der Waals surface area contributed by atoms with Crippen LogP contribution in [0.15, 0.2) is 66.9 Å². The standard InChI is InChI=1S/C21H13F2N3O2/c22-14-7-4-8-15(23)17(14)19(27)13-9-10-16-25-21(24)18(26(16)11-13)20(28)12-5-2-1-3-6-12/h1-11H,(H2,24,28)/p+1. The van der Waals surface area contributed by atoms with Crippen LogP contribution in [0, 0.1) is 11.6 Å². The van der Waals surface area contributed by atoms with Crippen LogP contribution in [0.5, 0.6) is 0 Å². The smallest absolute Gasteiger partial charge is 0.286 e. The number of benzene rings is 2. The molecule has 0 aliphatic rings.